The van der Waals surface area contributed by atoms with Crippen molar-refractivity contribution in [1.82, 2.24) is 15.1 Å². The van der Waals surface area contributed by atoms with E-state index in [1.54, 1.807) is 64.1 Å². The Morgan fingerprint density at radius 3 is 2.33 bits per heavy atom. The lowest BCUT2D eigenvalue weighted by molar-refractivity contribution is -0.133. The number of imide groups is 1. The summed E-state index contributed by atoms with van der Waals surface area (Å²) in [7, 11) is 0. The minimum Gasteiger partial charge on any atom is -0.444 e. The maximum absolute atomic E-state index is 13.2. The van der Waals surface area contributed by atoms with Crippen LogP contribution >= 0.6 is 0 Å². The molecule has 36 heavy (non-hydrogen) atoms. The number of hydrogen-bond donors (Lipinski definition) is 2. The number of aryl methyl sites for hydroxylation is 1. The SMILES string of the molecule is CCN(Cc1ccccc1NC(=O)CN1C(=O)NC(C)(c2ccc(C)cc2)C1=O)C(=O)OC(C)(C)C. The molecule has 2 N–H and O–H groups in total. The van der Waals surface area contributed by atoms with E-state index in [4.69, 9.17) is 4.74 Å². The van der Waals surface area contributed by atoms with Crippen LogP contribution in [0.3, 0.4) is 0 Å². The summed E-state index contributed by atoms with van der Waals surface area (Å²) in [6.45, 7) is 11.0. The number of carbonyl (C=O) groups excluding carboxylic acids is 4. The number of amides is 5. The Morgan fingerprint density at radius 2 is 1.72 bits per heavy atom. The minimum atomic E-state index is -1.25. The quantitative estimate of drug-likeness (QED) is 0.562. The van der Waals surface area contributed by atoms with Crippen LogP contribution in [0.1, 0.15) is 51.3 Å². The van der Waals surface area contributed by atoms with Crippen molar-refractivity contribution in [3.05, 3.63) is 65.2 Å². The van der Waals surface area contributed by atoms with Crippen LogP contribution in [0.25, 0.3) is 0 Å². The number of urea groups is 1. The van der Waals surface area contributed by atoms with Gasteiger partial charge in [0, 0.05) is 12.2 Å². The summed E-state index contributed by atoms with van der Waals surface area (Å²) in [5, 5.41) is 5.49. The van der Waals surface area contributed by atoms with Crippen LogP contribution in [-0.4, -0.2) is 52.4 Å². The monoisotopic (exact) mass is 494 g/mol. The van der Waals surface area contributed by atoms with Gasteiger partial charge in [-0.1, -0.05) is 48.0 Å². The summed E-state index contributed by atoms with van der Waals surface area (Å²) in [6.07, 6.45) is -0.458. The highest BCUT2D eigenvalue weighted by atomic mass is 16.6. The third-order valence-electron chi connectivity index (χ3n) is 5.89. The second-order valence-corrected chi connectivity index (χ2v) is 10.0. The topological polar surface area (TPSA) is 108 Å². The molecule has 9 heteroatoms. The van der Waals surface area contributed by atoms with Crippen molar-refractivity contribution >= 4 is 29.6 Å². The van der Waals surface area contributed by atoms with E-state index < -0.39 is 41.6 Å². The molecule has 0 saturated carbocycles. The molecular formula is C27H34N4O5. The number of nitrogens with zero attached hydrogens (tertiary/aromatic N) is 2. The van der Waals surface area contributed by atoms with Gasteiger partial charge >= 0.3 is 12.1 Å². The van der Waals surface area contributed by atoms with E-state index in [9.17, 15) is 19.2 Å². The third kappa shape index (κ3) is 6.02. The molecule has 192 valence electrons. The zero-order chi connectivity index (χ0) is 26.7. The fourth-order valence-electron chi connectivity index (χ4n) is 3.87. The number of rotatable bonds is 7. The van der Waals surface area contributed by atoms with E-state index in [0.29, 0.717) is 23.4 Å². The summed E-state index contributed by atoms with van der Waals surface area (Å²) >= 11 is 0. The minimum absolute atomic E-state index is 0.219. The Kier molecular flexibility index (Phi) is 7.71. The maximum atomic E-state index is 13.2. The van der Waals surface area contributed by atoms with Gasteiger partial charge in [0.1, 0.15) is 17.7 Å². The number of benzene rings is 2. The van der Waals surface area contributed by atoms with Gasteiger partial charge in [0.05, 0.1) is 6.54 Å². The molecule has 1 fully saturated rings. The molecule has 0 spiro atoms. The largest absolute Gasteiger partial charge is 0.444 e. The first-order valence-corrected chi connectivity index (χ1v) is 11.9. The lowest BCUT2D eigenvalue weighted by Crippen LogP contribution is -2.42. The Bertz CT molecular complexity index is 1160. The Balaban J connectivity index is 1.71. The number of carbonyl (C=O) groups is 4. The lowest BCUT2D eigenvalue weighted by atomic mass is 9.91. The highest BCUT2D eigenvalue weighted by molar-refractivity contribution is 6.10. The second-order valence-electron chi connectivity index (χ2n) is 10.0. The van der Waals surface area contributed by atoms with Crippen molar-refractivity contribution in [2.45, 2.75) is 59.2 Å². The smallest absolute Gasteiger partial charge is 0.410 e. The molecule has 5 amide bonds. The van der Waals surface area contributed by atoms with Gasteiger partial charge in [-0.2, -0.15) is 0 Å². The summed E-state index contributed by atoms with van der Waals surface area (Å²) in [6, 6.07) is 13.7. The fraction of sp³-hybridized carbons (Fsp3) is 0.407. The number of anilines is 1. The predicted octanol–water partition coefficient (Wildman–Crippen LogP) is 4.16. The highest BCUT2D eigenvalue weighted by Crippen LogP contribution is 2.29. The first kappa shape index (κ1) is 26.7. The Hall–Kier alpha value is -3.88. The van der Waals surface area contributed by atoms with E-state index in [0.717, 1.165) is 10.5 Å². The molecule has 2 aromatic carbocycles. The zero-order valence-electron chi connectivity index (χ0n) is 21.7. The average Bonchev–Trinajstić information content (AvgIpc) is 3.01. The van der Waals surface area contributed by atoms with Crippen molar-refractivity contribution < 1.29 is 23.9 Å². The van der Waals surface area contributed by atoms with Gasteiger partial charge in [-0.3, -0.25) is 14.5 Å². The van der Waals surface area contributed by atoms with Crippen molar-refractivity contribution in [1.29, 1.82) is 0 Å². The zero-order valence-corrected chi connectivity index (χ0v) is 21.7. The third-order valence-corrected chi connectivity index (χ3v) is 5.89. The van der Waals surface area contributed by atoms with E-state index in [1.165, 1.54) is 4.90 Å². The van der Waals surface area contributed by atoms with Gasteiger partial charge in [0.15, 0.2) is 0 Å². The highest BCUT2D eigenvalue weighted by Gasteiger charge is 2.49. The maximum Gasteiger partial charge on any atom is 0.410 e. The molecule has 1 heterocycles. The van der Waals surface area contributed by atoms with Crippen LogP contribution in [0.4, 0.5) is 15.3 Å². The molecule has 1 aliphatic rings. The molecule has 9 nitrogen and oxygen atoms in total. The molecule has 0 aromatic heterocycles. The van der Waals surface area contributed by atoms with Crippen molar-refractivity contribution in [3.8, 4) is 0 Å². The summed E-state index contributed by atoms with van der Waals surface area (Å²) in [5.41, 5.74) is 0.966. The van der Waals surface area contributed by atoms with E-state index >= 15 is 0 Å². The molecule has 1 atom stereocenters. The molecule has 0 bridgehead atoms. The van der Waals surface area contributed by atoms with Crippen molar-refractivity contribution in [2.75, 3.05) is 18.4 Å². The van der Waals surface area contributed by atoms with Crippen molar-refractivity contribution in [3.63, 3.8) is 0 Å². The average molecular weight is 495 g/mol. The summed E-state index contributed by atoms with van der Waals surface area (Å²) < 4.78 is 5.47. The van der Waals surface area contributed by atoms with Gasteiger partial charge in [-0.05, 0) is 58.7 Å². The molecule has 1 saturated heterocycles. The van der Waals surface area contributed by atoms with E-state index in [-0.39, 0.29) is 6.54 Å². The molecule has 1 unspecified atom stereocenters. The van der Waals surface area contributed by atoms with Crippen LogP contribution in [0, 0.1) is 6.92 Å². The molecule has 0 radical (unpaired) electrons. The molecule has 1 aliphatic heterocycles. The number of nitrogens with one attached hydrogen (secondary N) is 2. The fourth-order valence-corrected chi connectivity index (χ4v) is 3.87. The van der Waals surface area contributed by atoms with Crippen LogP contribution in [0.5, 0.6) is 0 Å². The molecular weight excluding hydrogens is 460 g/mol. The lowest BCUT2D eigenvalue weighted by Gasteiger charge is -2.27. The standard InChI is InChI=1S/C27H34N4O5/c1-7-30(25(35)36-26(3,4)5)16-19-10-8-9-11-21(19)28-22(32)17-31-23(33)27(6,29-24(31)34)20-14-12-18(2)13-15-20/h8-15H,7,16-17H2,1-6H3,(H,28,32)(H,29,34). The molecule has 3 rings (SSSR count). The van der Waals surface area contributed by atoms with Gasteiger partial charge in [0.2, 0.25) is 5.91 Å². The van der Waals surface area contributed by atoms with E-state index in [2.05, 4.69) is 10.6 Å². The van der Waals surface area contributed by atoms with E-state index in [1.807, 2.05) is 26.0 Å². The summed E-state index contributed by atoms with van der Waals surface area (Å²) in [5.74, 6) is -1.03. The van der Waals surface area contributed by atoms with Gasteiger partial charge in [0.25, 0.3) is 5.91 Å². The van der Waals surface area contributed by atoms with Crippen molar-refractivity contribution in [2.24, 2.45) is 0 Å². The molecule has 0 aliphatic carbocycles. The second kappa shape index (κ2) is 10.4. The number of hydrogen-bond acceptors (Lipinski definition) is 5. The summed E-state index contributed by atoms with van der Waals surface area (Å²) in [4.78, 5) is 53.7. The van der Waals surface area contributed by atoms with Crippen LogP contribution < -0.4 is 10.6 Å². The van der Waals surface area contributed by atoms with Gasteiger partial charge < -0.3 is 20.3 Å². The van der Waals surface area contributed by atoms with Crippen LogP contribution in [0.2, 0.25) is 0 Å². The number of ether oxygens (including phenoxy) is 1. The number of para-hydroxylation sites is 1. The predicted molar refractivity (Wildman–Crippen MR) is 136 cm³/mol. The molecule has 2 aromatic rings. The Labute approximate surface area is 211 Å². The normalized spacial score (nSPS) is 17.6. The Morgan fingerprint density at radius 1 is 1.08 bits per heavy atom. The first-order chi connectivity index (χ1) is 16.8. The van der Waals surface area contributed by atoms with Gasteiger partial charge in [-0.25, -0.2) is 9.59 Å². The van der Waals surface area contributed by atoms with Crippen LogP contribution in [-0.2, 0) is 26.4 Å². The van der Waals surface area contributed by atoms with Gasteiger partial charge in [-0.15, -0.1) is 0 Å². The van der Waals surface area contributed by atoms with Crippen LogP contribution in [0.15, 0.2) is 48.5 Å². The first-order valence-electron chi connectivity index (χ1n) is 11.9.